The number of rotatable bonds is 7. The molecule has 0 heterocycles. The topological polar surface area (TPSA) is 67.4 Å². The van der Waals surface area contributed by atoms with Crippen molar-refractivity contribution in [3.63, 3.8) is 0 Å². The van der Waals surface area contributed by atoms with Gasteiger partial charge in [0, 0.05) is 22.8 Å². The van der Waals surface area contributed by atoms with E-state index in [0.717, 1.165) is 5.56 Å². The van der Waals surface area contributed by atoms with Crippen molar-refractivity contribution in [2.45, 2.75) is 19.6 Å². The molecule has 154 valence electrons. The molecule has 0 spiro atoms. The Balaban J connectivity index is 1.59. The molecule has 0 saturated carbocycles. The number of benzene rings is 3. The van der Waals surface area contributed by atoms with Crippen molar-refractivity contribution in [1.82, 2.24) is 5.32 Å². The molecular weight excluding hydrogens is 468 g/mol. The van der Waals surface area contributed by atoms with Gasteiger partial charge in [-0.25, -0.2) is 0 Å². The van der Waals surface area contributed by atoms with E-state index in [1.807, 2.05) is 30.3 Å². The molecule has 0 radical (unpaired) electrons. The van der Waals surface area contributed by atoms with E-state index in [-0.39, 0.29) is 11.8 Å². The molecule has 0 aliphatic carbocycles. The second kappa shape index (κ2) is 10.3. The van der Waals surface area contributed by atoms with E-state index >= 15 is 0 Å². The molecule has 3 aromatic carbocycles. The summed E-state index contributed by atoms with van der Waals surface area (Å²) in [6.07, 6.45) is -0.752. The van der Waals surface area contributed by atoms with Crippen molar-refractivity contribution in [1.29, 1.82) is 0 Å². The highest BCUT2D eigenvalue weighted by Gasteiger charge is 2.17. The van der Waals surface area contributed by atoms with Gasteiger partial charge in [-0.1, -0.05) is 48.0 Å². The first-order valence-electron chi connectivity index (χ1n) is 9.27. The lowest BCUT2D eigenvalue weighted by atomic mass is 10.1. The van der Waals surface area contributed by atoms with Crippen molar-refractivity contribution in [3.8, 4) is 5.75 Å². The van der Waals surface area contributed by atoms with Gasteiger partial charge in [0.25, 0.3) is 11.8 Å². The van der Waals surface area contributed by atoms with Crippen molar-refractivity contribution in [2.75, 3.05) is 5.32 Å². The van der Waals surface area contributed by atoms with Crippen LogP contribution >= 0.6 is 27.5 Å². The summed E-state index contributed by atoms with van der Waals surface area (Å²) in [6, 6.07) is 21.5. The smallest absolute Gasteiger partial charge is 0.265 e. The quantitative estimate of drug-likeness (QED) is 0.466. The van der Waals surface area contributed by atoms with Crippen LogP contribution in [-0.2, 0) is 11.3 Å². The van der Waals surface area contributed by atoms with Gasteiger partial charge in [-0.3, -0.25) is 9.59 Å². The van der Waals surface area contributed by atoms with E-state index in [4.69, 9.17) is 16.3 Å². The molecule has 3 rings (SSSR count). The molecule has 3 aromatic rings. The number of carbonyl (C=O) groups is 2. The van der Waals surface area contributed by atoms with Gasteiger partial charge in [-0.2, -0.15) is 0 Å². The van der Waals surface area contributed by atoms with Gasteiger partial charge in [0.05, 0.1) is 4.47 Å². The van der Waals surface area contributed by atoms with Crippen molar-refractivity contribution in [2.24, 2.45) is 0 Å². The summed E-state index contributed by atoms with van der Waals surface area (Å²) in [5, 5.41) is 6.21. The Morgan fingerprint density at radius 2 is 1.80 bits per heavy atom. The minimum Gasteiger partial charge on any atom is -0.480 e. The summed E-state index contributed by atoms with van der Waals surface area (Å²) in [7, 11) is 0. The summed E-state index contributed by atoms with van der Waals surface area (Å²) in [5.74, 6) is -0.0425. The van der Waals surface area contributed by atoms with E-state index in [2.05, 4.69) is 26.6 Å². The number of anilines is 1. The van der Waals surface area contributed by atoms with E-state index < -0.39 is 6.10 Å². The van der Waals surface area contributed by atoms with Crippen LogP contribution < -0.4 is 15.4 Å². The lowest BCUT2D eigenvalue weighted by Gasteiger charge is -2.16. The maximum Gasteiger partial charge on any atom is 0.265 e. The van der Waals surface area contributed by atoms with Gasteiger partial charge < -0.3 is 15.4 Å². The van der Waals surface area contributed by atoms with Gasteiger partial charge in [0.15, 0.2) is 6.10 Å². The molecule has 30 heavy (non-hydrogen) atoms. The predicted molar refractivity (Wildman–Crippen MR) is 122 cm³/mol. The van der Waals surface area contributed by atoms with Crippen molar-refractivity contribution in [3.05, 3.63) is 93.4 Å². The molecule has 1 atom stereocenters. The van der Waals surface area contributed by atoms with E-state index in [1.54, 1.807) is 49.4 Å². The fraction of sp³-hybridized carbons (Fsp3) is 0.130. The number of halogens is 2. The van der Waals surface area contributed by atoms with E-state index in [0.29, 0.717) is 33.0 Å². The fourth-order valence-corrected chi connectivity index (χ4v) is 3.45. The number of hydrogen-bond acceptors (Lipinski definition) is 3. The number of hydrogen-bond donors (Lipinski definition) is 2. The van der Waals surface area contributed by atoms with Crippen LogP contribution in [-0.4, -0.2) is 17.9 Å². The highest BCUT2D eigenvalue weighted by molar-refractivity contribution is 9.10. The van der Waals surface area contributed by atoms with Gasteiger partial charge in [-0.05, 0) is 64.8 Å². The Kier molecular flexibility index (Phi) is 7.49. The van der Waals surface area contributed by atoms with Crippen LogP contribution in [0.2, 0.25) is 5.02 Å². The minimum absolute atomic E-state index is 0.218. The Labute approximate surface area is 188 Å². The third-order valence-corrected chi connectivity index (χ3v) is 5.11. The highest BCUT2D eigenvalue weighted by atomic mass is 79.9. The van der Waals surface area contributed by atoms with Crippen LogP contribution in [0.3, 0.4) is 0 Å². The Hall–Kier alpha value is -2.83. The largest absolute Gasteiger partial charge is 0.480 e. The first-order valence-corrected chi connectivity index (χ1v) is 10.4. The first-order chi connectivity index (χ1) is 14.4. The average Bonchev–Trinajstić information content (AvgIpc) is 2.74. The van der Waals surface area contributed by atoms with Crippen LogP contribution in [0.5, 0.6) is 5.75 Å². The molecule has 0 aliphatic rings. The van der Waals surface area contributed by atoms with Gasteiger partial charge in [-0.15, -0.1) is 0 Å². The van der Waals surface area contributed by atoms with Gasteiger partial charge >= 0.3 is 0 Å². The second-order valence-electron chi connectivity index (χ2n) is 6.57. The zero-order valence-corrected chi connectivity index (χ0v) is 18.5. The Bertz CT molecular complexity index is 1040. The fourth-order valence-electron chi connectivity index (χ4n) is 2.68. The predicted octanol–water partition coefficient (Wildman–Crippen LogP) is 5.44. The zero-order chi connectivity index (χ0) is 21.5. The number of nitrogens with one attached hydrogen (secondary N) is 2. The first kappa shape index (κ1) is 21.9. The van der Waals surface area contributed by atoms with Crippen LogP contribution in [0.25, 0.3) is 0 Å². The summed E-state index contributed by atoms with van der Waals surface area (Å²) in [5.41, 5.74) is 1.98. The summed E-state index contributed by atoms with van der Waals surface area (Å²) < 4.78 is 6.36. The van der Waals surface area contributed by atoms with Crippen LogP contribution in [0.4, 0.5) is 5.69 Å². The second-order valence-corrected chi connectivity index (χ2v) is 7.86. The maximum absolute atomic E-state index is 12.5. The maximum atomic E-state index is 12.5. The Morgan fingerprint density at radius 1 is 1.03 bits per heavy atom. The third kappa shape index (κ3) is 6.08. The summed E-state index contributed by atoms with van der Waals surface area (Å²) in [6.45, 7) is 2.07. The molecule has 0 aliphatic heterocycles. The zero-order valence-electron chi connectivity index (χ0n) is 16.2. The highest BCUT2D eigenvalue weighted by Crippen LogP contribution is 2.29. The lowest BCUT2D eigenvalue weighted by Crippen LogP contribution is -2.30. The van der Waals surface area contributed by atoms with Crippen molar-refractivity contribution >= 4 is 45.0 Å². The lowest BCUT2D eigenvalue weighted by molar-refractivity contribution is -0.122. The van der Waals surface area contributed by atoms with Gasteiger partial charge in [0.1, 0.15) is 5.75 Å². The number of ether oxygens (including phenoxy) is 1. The number of amides is 2. The van der Waals surface area contributed by atoms with Crippen molar-refractivity contribution < 1.29 is 14.3 Å². The van der Waals surface area contributed by atoms with Gasteiger partial charge in [0.2, 0.25) is 0 Å². The molecule has 2 amide bonds. The standard InChI is InChI=1S/C23H20BrClN2O3/c1-15(30-21-11-10-18(25)13-20(21)24)22(28)27-19-9-5-8-17(12-19)23(29)26-14-16-6-3-2-4-7-16/h2-13,15H,14H2,1H3,(H,26,29)(H,27,28). The van der Waals surface area contributed by atoms with Crippen LogP contribution in [0.1, 0.15) is 22.8 Å². The molecule has 5 nitrogen and oxygen atoms in total. The van der Waals surface area contributed by atoms with Crippen LogP contribution in [0.15, 0.2) is 77.3 Å². The number of carbonyl (C=O) groups excluding carboxylic acids is 2. The summed E-state index contributed by atoms with van der Waals surface area (Å²) >= 11 is 9.29. The molecule has 0 aromatic heterocycles. The molecular formula is C23H20BrClN2O3. The minimum atomic E-state index is -0.752. The summed E-state index contributed by atoms with van der Waals surface area (Å²) in [4.78, 5) is 24.9. The molecule has 0 bridgehead atoms. The molecule has 2 N–H and O–H groups in total. The van der Waals surface area contributed by atoms with E-state index in [9.17, 15) is 9.59 Å². The average molecular weight is 488 g/mol. The molecule has 1 unspecified atom stereocenters. The molecule has 0 saturated heterocycles. The normalized spacial score (nSPS) is 11.4. The SMILES string of the molecule is CC(Oc1ccc(Cl)cc1Br)C(=O)Nc1cccc(C(=O)NCc2ccccc2)c1. The molecule has 0 fully saturated rings. The van der Waals surface area contributed by atoms with Crippen LogP contribution in [0, 0.1) is 0 Å². The molecule has 7 heteroatoms. The monoisotopic (exact) mass is 486 g/mol. The Morgan fingerprint density at radius 3 is 2.53 bits per heavy atom. The third-order valence-electron chi connectivity index (χ3n) is 4.26. The van der Waals surface area contributed by atoms with E-state index in [1.165, 1.54) is 0 Å².